The second-order valence-electron chi connectivity index (χ2n) is 4.27. The number of thioether (sulfide) groups is 1. The average molecular weight is 271 g/mol. The van der Waals surface area contributed by atoms with Gasteiger partial charge in [0.25, 0.3) is 5.91 Å². The maximum atomic E-state index is 12.5. The van der Waals surface area contributed by atoms with E-state index >= 15 is 0 Å². The van der Waals surface area contributed by atoms with Gasteiger partial charge < -0.3 is 10.6 Å². The lowest BCUT2D eigenvalue weighted by Crippen LogP contribution is -2.35. The predicted octanol–water partition coefficient (Wildman–Crippen LogP) is 2.42. The van der Waals surface area contributed by atoms with Crippen LogP contribution in [0.4, 0.5) is 11.4 Å². The van der Waals surface area contributed by atoms with Gasteiger partial charge in [0.05, 0.1) is 5.69 Å². The number of amides is 1. The first kappa shape index (κ1) is 12.0. The lowest BCUT2D eigenvalue weighted by molar-refractivity contribution is 0.0987. The second-order valence-corrected chi connectivity index (χ2v) is 5.41. The monoisotopic (exact) mass is 271 g/mol. The molecule has 1 aromatic carbocycles. The molecule has 0 fully saturated rings. The van der Waals surface area contributed by atoms with Crippen molar-refractivity contribution in [3.8, 4) is 0 Å². The van der Waals surface area contributed by atoms with Crippen LogP contribution in [0, 0.1) is 0 Å². The molecule has 0 bridgehead atoms. The number of nitrogens with zero attached hydrogens (tertiary/aromatic N) is 2. The van der Waals surface area contributed by atoms with E-state index in [1.54, 1.807) is 41.2 Å². The van der Waals surface area contributed by atoms with E-state index in [0.29, 0.717) is 17.8 Å². The van der Waals surface area contributed by atoms with E-state index in [2.05, 4.69) is 4.98 Å². The molecule has 19 heavy (non-hydrogen) atoms. The molecule has 0 saturated carbocycles. The molecule has 1 aromatic heterocycles. The summed E-state index contributed by atoms with van der Waals surface area (Å²) in [5.41, 5.74) is 8.05. The number of fused-ring (bicyclic) bond motifs is 1. The number of hydrogen-bond acceptors (Lipinski definition) is 4. The number of nitrogens with two attached hydrogens (primary N) is 1. The fraction of sp³-hybridized carbons (Fsp3) is 0.143. The predicted molar refractivity (Wildman–Crippen MR) is 77.5 cm³/mol. The summed E-state index contributed by atoms with van der Waals surface area (Å²) in [6, 6.07) is 9.17. The topological polar surface area (TPSA) is 59.2 Å². The fourth-order valence-corrected chi connectivity index (χ4v) is 3.07. The molecule has 1 aliphatic heterocycles. The van der Waals surface area contributed by atoms with Crippen molar-refractivity contribution >= 4 is 29.0 Å². The van der Waals surface area contributed by atoms with Crippen molar-refractivity contribution in [2.45, 2.75) is 4.90 Å². The van der Waals surface area contributed by atoms with Crippen molar-refractivity contribution in [3.63, 3.8) is 0 Å². The molecule has 0 spiro atoms. The van der Waals surface area contributed by atoms with Crippen molar-refractivity contribution in [2.24, 2.45) is 0 Å². The number of carbonyl (C=O) groups is 1. The molecule has 1 aliphatic rings. The van der Waals surface area contributed by atoms with Crippen molar-refractivity contribution < 1.29 is 4.79 Å². The molecule has 2 N–H and O–H groups in total. The Bertz CT molecular complexity index is 615. The Labute approximate surface area is 115 Å². The molecular formula is C14H13N3OS. The third kappa shape index (κ3) is 2.29. The standard InChI is InChI=1S/C14H13N3OS/c15-11-1-2-13-12(9-11)17(7-8-19-13)14(18)10-3-5-16-6-4-10/h1-6,9H,7-8,15H2. The van der Waals surface area contributed by atoms with E-state index in [1.165, 1.54) is 0 Å². The fourth-order valence-electron chi connectivity index (χ4n) is 2.10. The average Bonchev–Trinajstić information content (AvgIpc) is 2.47. The van der Waals surface area contributed by atoms with Gasteiger partial charge in [-0.2, -0.15) is 0 Å². The first-order valence-corrected chi connectivity index (χ1v) is 6.98. The zero-order valence-electron chi connectivity index (χ0n) is 10.2. The molecule has 3 rings (SSSR count). The largest absolute Gasteiger partial charge is 0.399 e. The maximum absolute atomic E-state index is 12.5. The molecule has 0 aliphatic carbocycles. The molecule has 96 valence electrons. The molecule has 4 nitrogen and oxygen atoms in total. The molecule has 0 saturated heterocycles. The first-order valence-electron chi connectivity index (χ1n) is 6.00. The quantitative estimate of drug-likeness (QED) is 0.809. The van der Waals surface area contributed by atoms with Crippen LogP contribution in [-0.4, -0.2) is 23.2 Å². The van der Waals surface area contributed by atoms with Gasteiger partial charge in [0.2, 0.25) is 0 Å². The van der Waals surface area contributed by atoms with E-state index in [-0.39, 0.29) is 5.91 Å². The minimum absolute atomic E-state index is 0.00505. The molecular weight excluding hydrogens is 258 g/mol. The van der Waals surface area contributed by atoms with E-state index in [4.69, 9.17) is 5.73 Å². The summed E-state index contributed by atoms with van der Waals surface area (Å²) in [6.07, 6.45) is 3.26. The highest BCUT2D eigenvalue weighted by molar-refractivity contribution is 7.99. The zero-order valence-corrected chi connectivity index (χ0v) is 11.1. The second kappa shape index (κ2) is 4.93. The molecule has 2 heterocycles. The van der Waals surface area contributed by atoms with Gasteiger partial charge in [-0.3, -0.25) is 9.78 Å². The van der Waals surface area contributed by atoms with Crippen LogP contribution in [0.15, 0.2) is 47.6 Å². The summed E-state index contributed by atoms with van der Waals surface area (Å²) in [4.78, 5) is 19.3. The smallest absolute Gasteiger partial charge is 0.258 e. The van der Waals surface area contributed by atoms with E-state index < -0.39 is 0 Å². The summed E-state index contributed by atoms with van der Waals surface area (Å²) in [6.45, 7) is 0.697. The lowest BCUT2D eigenvalue weighted by Gasteiger charge is -2.29. The van der Waals surface area contributed by atoms with Crippen LogP contribution in [-0.2, 0) is 0 Å². The Morgan fingerprint density at radius 2 is 2.05 bits per heavy atom. The van der Waals surface area contributed by atoms with Crippen LogP contribution < -0.4 is 10.6 Å². The summed E-state index contributed by atoms with van der Waals surface area (Å²) >= 11 is 1.75. The van der Waals surface area contributed by atoms with Gasteiger partial charge in [0.1, 0.15) is 0 Å². The van der Waals surface area contributed by atoms with E-state index in [0.717, 1.165) is 16.3 Å². The third-order valence-corrected chi connectivity index (χ3v) is 4.06. The maximum Gasteiger partial charge on any atom is 0.258 e. The van der Waals surface area contributed by atoms with Crippen LogP contribution in [0.25, 0.3) is 0 Å². The van der Waals surface area contributed by atoms with Crippen LogP contribution >= 0.6 is 11.8 Å². The highest BCUT2D eigenvalue weighted by atomic mass is 32.2. The van der Waals surface area contributed by atoms with Gasteiger partial charge in [0, 0.05) is 40.8 Å². The van der Waals surface area contributed by atoms with Gasteiger partial charge >= 0.3 is 0 Å². The van der Waals surface area contributed by atoms with Crippen molar-refractivity contribution in [1.29, 1.82) is 0 Å². The number of benzene rings is 1. The van der Waals surface area contributed by atoms with Gasteiger partial charge in [-0.15, -0.1) is 11.8 Å². The SMILES string of the molecule is Nc1ccc2c(c1)N(C(=O)c1ccncc1)CCS2. The highest BCUT2D eigenvalue weighted by Gasteiger charge is 2.24. The van der Waals surface area contributed by atoms with E-state index in [9.17, 15) is 4.79 Å². The van der Waals surface area contributed by atoms with Gasteiger partial charge in [-0.25, -0.2) is 0 Å². The normalized spacial score (nSPS) is 14.0. The van der Waals surface area contributed by atoms with Gasteiger partial charge in [-0.1, -0.05) is 0 Å². The molecule has 1 amide bonds. The van der Waals surface area contributed by atoms with Crippen LogP contribution in [0.5, 0.6) is 0 Å². The highest BCUT2D eigenvalue weighted by Crippen LogP contribution is 2.36. The number of carbonyl (C=O) groups excluding carboxylic acids is 1. The molecule has 0 radical (unpaired) electrons. The number of anilines is 2. The Hall–Kier alpha value is -2.01. The Morgan fingerprint density at radius 3 is 2.84 bits per heavy atom. The summed E-state index contributed by atoms with van der Waals surface area (Å²) in [5, 5.41) is 0. The lowest BCUT2D eigenvalue weighted by atomic mass is 10.2. The third-order valence-electron chi connectivity index (χ3n) is 3.02. The Morgan fingerprint density at radius 1 is 1.26 bits per heavy atom. The summed E-state index contributed by atoms with van der Waals surface area (Å²) in [7, 11) is 0. The van der Waals surface area contributed by atoms with Crippen molar-refractivity contribution in [3.05, 3.63) is 48.3 Å². The number of aromatic nitrogens is 1. The number of hydrogen-bond donors (Lipinski definition) is 1. The minimum atomic E-state index is -0.00505. The van der Waals surface area contributed by atoms with Gasteiger partial charge in [0.15, 0.2) is 0 Å². The number of nitrogen functional groups attached to an aromatic ring is 1. The Kier molecular flexibility index (Phi) is 3.13. The molecule has 5 heteroatoms. The molecule has 0 unspecified atom stereocenters. The minimum Gasteiger partial charge on any atom is -0.399 e. The van der Waals surface area contributed by atoms with Crippen LogP contribution in [0.3, 0.4) is 0 Å². The van der Waals surface area contributed by atoms with Crippen molar-refractivity contribution in [1.82, 2.24) is 4.98 Å². The molecule has 0 atom stereocenters. The summed E-state index contributed by atoms with van der Waals surface area (Å²) in [5.74, 6) is 0.892. The van der Waals surface area contributed by atoms with E-state index in [1.807, 2.05) is 18.2 Å². The molecule has 2 aromatic rings. The number of rotatable bonds is 1. The van der Waals surface area contributed by atoms with Crippen molar-refractivity contribution in [2.75, 3.05) is 22.9 Å². The Balaban J connectivity index is 2.00. The van der Waals surface area contributed by atoms with Gasteiger partial charge in [-0.05, 0) is 30.3 Å². The van der Waals surface area contributed by atoms with Crippen LogP contribution in [0.2, 0.25) is 0 Å². The van der Waals surface area contributed by atoms with Crippen LogP contribution in [0.1, 0.15) is 10.4 Å². The first-order chi connectivity index (χ1) is 9.25. The number of pyridine rings is 1. The summed E-state index contributed by atoms with van der Waals surface area (Å²) < 4.78 is 0. The zero-order chi connectivity index (χ0) is 13.2.